The fourth-order valence-electron chi connectivity index (χ4n) is 9.25. The minimum Gasteiger partial charge on any atom is -0.383 e. The second-order valence-corrected chi connectivity index (χ2v) is 28.2. The van der Waals surface area contributed by atoms with Crippen molar-refractivity contribution in [3.8, 4) is 0 Å². The van der Waals surface area contributed by atoms with E-state index in [1.54, 1.807) is 28.4 Å². The van der Waals surface area contributed by atoms with Gasteiger partial charge in [0.1, 0.15) is 0 Å². The lowest BCUT2D eigenvalue weighted by Gasteiger charge is -2.18. The molecule has 2 atom stereocenters. The highest BCUT2D eigenvalue weighted by Gasteiger charge is 2.07. The molecule has 3 fully saturated rings. The van der Waals surface area contributed by atoms with Gasteiger partial charge in [-0.1, -0.05) is 267 Å². The molecule has 8 rings (SSSR count). The summed E-state index contributed by atoms with van der Waals surface area (Å²) in [7, 11) is 6.80. The highest BCUT2D eigenvalue weighted by atomic mass is 16.5. The molecule has 0 amide bonds. The zero-order valence-electron chi connectivity index (χ0n) is 73.1. The van der Waals surface area contributed by atoms with Crippen LogP contribution in [0.15, 0.2) is 152 Å². The molecule has 1 saturated carbocycles. The molecule has 2 unspecified atom stereocenters. The molecule has 0 spiro atoms. The summed E-state index contributed by atoms with van der Waals surface area (Å²) >= 11 is 0. The predicted molar refractivity (Wildman–Crippen MR) is 477 cm³/mol. The largest absolute Gasteiger partial charge is 0.383 e. The molecule has 3 aliphatic rings. The normalized spacial score (nSPS) is 13.7. The third-order valence-electron chi connectivity index (χ3n) is 16.1. The molecule has 16 N–H and O–H groups in total. The highest BCUT2D eigenvalue weighted by molar-refractivity contribution is 5.18. The maximum absolute atomic E-state index is 5.63. The summed E-state index contributed by atoms with van der Waals surface area (Å²) in [5.74, 6) is 0.973. The fraction of sp³-hybridized carbons (Fsp3) is 0.670. The number of likely N-dealkylation sites (N-methyl/N-ethyl adjacent to an activating group) is 1. The standard InChI is InChI=1S/C14H15N.C10H15N.C9H13N.C7H9N.C6H15NO2.C6H15NO.3C6H13N.2C6H15N.C5H13NO.C4H11N/c1-3-7-13(8-4-1)11-15-12-14-9-5-2-6-10-14;1-9(2)11-8-10-6-4-3-5-7-10;1-2-10-8-9-6-4-3-5-7-9;8-6-7-4-2-1-3-5-7;1-8-5-3-7-4-6-9-2;1-6(2)7-4-5-8-3;1-6-2-4-7-5-3-6;1-6-4-2-3-5-7-6;7-6-4-2-1-3-5-6;1-4-5-7-6(2)3;1-3-5-7-6-4-2;1-3-6-4-5-7-2;1-3-4(2)5/h1-10,15H,11-12H2;3-7,9,11H,8H2,1-2H3;3-7,10H,2,8H2,1H3;1-5H,6,8H2;7H,3-6H2,1-2H3;6-7H,4-5H2,1-3H3;2*6-7H,2-5H2,1H3;6H,1-5,7H2;6-7H,4-5H2,1-3H3;7H,3-6H2,1-2H3;6H,3-5H2,1-2H3;4H,3,5H2,1-2H3. The Morgan fingerprint density at radius 2 is 0.722 bits per heavy atom. The average molecular weight is 1520 g/mol. The van der Waals surface area contributed by atoms with Crippen LogP contribution in [0.25, 0.3) is 0 Å². The summed E-state index contributed by atoms with van der Waals surface area (Å²) in [5.41, 5.74) is 22.8. The first kappa shape index (κ1) is 112. The number of benzene rings is 5. The third kappa shape index (κ3) is 99.4. The Labute approximate surface area is 667 Å². The number of nitrogens with two attached hydrogens (primary N) is 3. The van der Waals surface area contributed by atoms with Crippen molar-refractivity contribution in [1.29, 1.82) is 0 Å². The minimum absolute atomic E-state index is 0.384. The van der Waals surface area contributed by atoms with E-state index in [4.69, 9.17) is 36.1 Å². The molecule has 628 valence electrons. The molecule has 17 nitrogen and oxygen atoms in total. The van der Waals surface area contributed by atoms with Gasteiger partial charge < -0.3 is 89.3 Å². The van der Waals surface area contributed by atoms with Gasteiger partial charge in [-0.3, -0.25) is 0 Å². The molecule has 5 aromatic carbocycles. The average Bonchev–Trinajstić information content (AvgIpc) is 0.986. The van der Waals surface area contributed by atoms with Crippen LogP contribution in [-0.2, 0) is 51.7 Å². The van der Waals surface area contributed by atoms with Gasteiger partial charge in [-0.2, -0.15) is 0 Å². The molecule has 1 aliphatic carbocycles. The number of methoxy groups -OCH3 is 4. The Hall–Kier alpha value is -4.58. The van der Waals surface area contributed by atoms with Crippen LogP contribution in [-0.4, -0.2) is 170 Å². The zero-order valence-corrected chi connectivity index (χ0v) is 73.1. The Morgan fingerprint density at radius 1 is 0.380 bits per heavy atom. The first-order valence-electron chi connectivity index (χ1n) is 41.9. The SMILES string of the molecule is CC(C)NCc1ccccc1.CC1CCCCN1.CC1CCNCC1.CCC(C)N.CCCNC(C)C.CCCNCCC.CCNCCOC.CCNCc1ccccc1.COCCNC(C)C.COCCNCCOC.NC1CCCCC1.NCc1ccccc1.c1ccc(CNCc2ccccc2)cc1. The molecule has 5 aromatic rings. The summed E-state index contributed by atoms with van der Waals surface area (Å²) in [4.78, 5) is 0. The zero-order chi connectivity index (χ0) is 81.3. The van der Waals surface area contributed by atoms with E-state index in [9.17, 15) is 0 Å². The number of ether oxygens (including phenoxy) is 4. The molecule has 2 aliphatic heterocycles. The molecular formula is C91H175N13O4. The summed E-state index contributed by atoms with van der Waals surface area (Å²) in [6, 6.07) is 55.3. The molecule has 0 radical (unpaired) electrons. The topological polar surface area (TPSA) is 235 Å². The summed E-state index contributed by atoms with van der Waals surface area (Å²) in [6.07, 6.45) is 18.4. The van der Waals surface area contributed by atoms with Crippen molar-refractivity contribution in [1.82, 2.24) is 53.2 Å². The first-order chi connectivity index (χ1) is 52.3. The number of hydrogen-bond acceptors (Lipinski definition) is 17. The van der Waals surface area contributed by atoms with Gasteiger partial charge >= 0.3 is 0 Å². The van der Waals surface area contributed by atoms with Gasteiger partial charge in [0.2, 0.25) is 0 Å². The van der Waals surface area contributed by atoms with Gasteiger partial charge in [0.15, 0.2) is 0 Å². The smallest absolute Gasteiger partial charge is 0.0587 e. The summed E-state index contributed by atoms with van der Waals surface area (Å²) in [6.45, 7) is 52.9. The minimum atomic E-state index is 0.384. The molecule has 0 aromatic heterocycles. The van der Waals surface area contributed by atoms with Gasteiger partial charge in [-0.15, -0.1) is 0 Å². The number of rotatable bonds is 33. The van der Waals surface area contributed by atoms with Crippen molar-refractivity contribution in [2.75, 3.05) is 133 Å². The second-order valence-electron chi connectivity index (χ2n) is 28.2. The Bertz CT molecular complexity index is 2220. The van der Waals surface area contributed by atoms with Crippen molar-refractivity contribution in [3.05, 3.63) is 179 Å². The third-order valence-corrected chi connectivity index (χ3v) is 16.1. The van der Waals surface area contributed by atoms with Crippen molar-refractivity contribution >= 4 is 0 Å². The lowest BCUT2D eigenvalue weighted by Crippen LogP contribution is -2.30. The van der Waals surface area contributed by atoms with Crippen LogP contribution in [0.2, 0.25) is 0 Å². The Kier molecular flexibility index (Phi) is 98.3. The Morgan fingerprint density at radius 3 is 0.991 bits per heavy atom. The van der Waals surface area contributed by atoms with E-state index in [0.717, 1.165) is 117 Å². The quantitative estimate of drug-likeness (QED) is 0.0175. The molecule has 2 saturated heterocycles. The van der Waals surface area contributed by atoms with E-state index >= 15 is 0 Å². The van der Waals surface area contributed by atoms with Crippen molar-refractivity contribution in [3.63, 3.8) is 0 Å². The maximum Gasteiger partial charge on any atom is 0.0587 e. The summed E-state index contributed by atoms with van der Waals surface area (Å²) < 4.78 is 19.2. The lowest BCUT2D eigenvalue weighted by molar-refractivity contribution is 0.180. The predicted octanol–water partition coefficient (Wildman–Crippen LogP) is 15.8. The van der Waals surface area contributed by atoms with Crippen molar-refractivity contribution in [2.24, 2.45) is 23.1 Å². The highest BCUT2D eigenvalue weighted by Crippen LogP contribution is 2.15. The number of nitrogens with one attached hydrogen (secondary N) is 10. The van der Waals surface area contributed by atoms with Gasteiger partial charge in [0.05, 0.1) is 26.4 Å². The van der Waals surface area contributed by atoms with Crippen LogP contribution < -0.4 is 70.4 Å². The van der Waals surface area contributed by atoms with Gasteiger partial charge in [0, 0.05) is 124 Å². The van der Waals surface area contributed by atoms with Crippen molar-refractivity contribution in [2.45, 2.75) is 263 Å². The molecular weight excluding hydrogens is 1340 g/mol. The van der Waals surface area contributed by atoms with E-state index < -0.39 is 0 Å². The van der Waals surface area contributed by atoms with Crippen LogP contribution in [0, 0.1) is 5.92 Å². The summed E-state index contributed by atoms with van der Waals surface area (Å²) in [5, 5.41) is 32.8. The first-order valence-corrected chi connectivity index (χ1v) is 41.9. The van der Waals surface area contributed by atoms with Gasteiger partial charge in [-0.05, 0) is 164 Å². The van der Waals surface area contributed by atoms with Crippen LogP contribution in [0.4, 0.5) is 0 Å². The fourth-order valence-corrected chi connectivity index (χ4v) is 9.25. The van der Waals surface area contributed by atoms with Gasteiger partial charge in [0.25, 0.3) is 0 Å². The maximum atomic E-state index is 5.63. The van der Waals surface area contributed by atoms with Crippen LogP contribution in [0.3, 0.4) is 0 Å². The monoisotopic (exact) mass is 1510 g/mol. The van der Waals surface area contributed by atoms with E-state index in [0.29, 0.717) is 36.8 Å². The van der Waals surface area contributed by atoms with E-state index in [2.05, 4.69) is 247 Å². The van der Waals surface area contributed by atoms with Crippen LogP contribution >= 0.6 is 0 Å². The molecule has 2 heterocycles. The van der Waals surface area contributed by atoms with Gasteiger partial charge in [-0.25, -0.2) is 0 Å². The van der Waals surface area contributed by atoms with E-state index in [1.807, 2.05) is 61.5 Å². The second kappa shape index (κ2) is 94.8. The van der Waals surface area contributed by atoms with E-state index in [-0.39, 0.29) is 0 Å². The van der Waals surface area contributed by atoms with Crippen molar-refractivity contribution < 1.29 is 18.9 Å². The molecule has 0 bridgehead atoms. The van der Waals surface area contributed by atoms with Crippen LogP contribution in [0.1, 0.15) is 222 Å². The van der Waals surface area contributed by atoms with E-state index in [1.165, 1.54) is 144 Å². The molecule has 108 heavy (non-hydrogen) atoms. The number of piperidine rings is 2. The Balaban J connectivity index is -0.000000358. The number of hydrogen-bond donors (Lipinski definition) is 13. The lowest BCUT2D eigenvalue weighted by atomic mass is 9.97. The van der Waals surface area contributed by atoms with Crippen LogP contribution in [0.5, 0.6) is 0 Å². The molecule has 17 heteroatoms.